The van der Waals surface area contributed by atoms with Crippen LogP contribution < -0.4 is 4.90 Å². The van der Waals surface area contributed by atoms with E-state index in [4.69, 9.17) is 4.52 Å². The van der Waals surface area contributed by atoms with Crippen LogP contribution in [-0.2, 0) is 0 Å². The number of aromatic nitrogens is 2. The maximum Gasteiger partial charge on any atom is 0.266 e. The zero-order chi connectivity index (χ0) is 11.7. The van der Waals surface area contributed by atoms with Gasteiger partial charge in [0.2, 0.25) is 0 Å². The number of nitrogens with zero attached hydrogens (tertiary/aromatic N) is 3. The van der Waals surface area contributed by atoms with Crippen molar-refractivity contribution in [1.29, 1.82) is 0 Å². The molecule has 0 radical (unpaired) electrons. The summed E-state index contributed by atoms with van der Waals surface area (Å²) in [5.41, 5.74) is 0.820. The van der Waals surface area contributed by atoms with Gasteiger partial charge in [0.15, 0.2) is 0 Å². The molecule has 0 atom stereocenters. The highest BCUT2D eigenvalue weighted by Gasteiger charge is 2.18. The van der Waals surface area contributed by atoms with Gasteiger partial charge in [0, 0.05) is 18.7 Å². The van der Waals surface area contributed by atoms with Gasteiger partial charge in [0.05, 0.1) is 0 Å². The van der Waals surface area contributed by atoms with Crippen molar-refractivity contribution in [2.24, 2.45) is 0 Å². The van der Waals surface area contributed by atoms with E-state index in [-0.39, 0.29) is 5.75 Å². The van der Waals surface area contributed by atoms with E-state index in [0.29, 0.717) is 11.8 Å². The van der Waals surface area contributed by atoms with Crippen LogP contribution in [0.15, 0.2) is 28.8 Å². The Morgan fingerprint density at radius 2 is 1.82 bits per heavy atom. The van der Waals surface area contributed by atoms with Crippen LogP contribution in [0.2, 0.25) is 0 Å². The summed E-state index contributed by atoms with van der Waals surface area (Å²) in [5.74, 6) is 1.38. The first-order valence-corrected chi connectivity index (χ1v) is 5.71. The van der Waals surface area contributed by atoms with Crippen molar-refractivity contribution in [1.82, 2.24) is 10.1 Å². The molecule has 2 aromatic rings. The standard InChI is InChI=1S/C12H13N3O2/c16-10-5-3-9(4-6-10)11-13-12(14-17-11)15-7-1-2-8-15/h3-6,16H,1-2,7-8H2. The van der Waals surface area contributed by atoms with Gasteiger partial charge in [-0.15, -0.1) is 0 Å². The summed E-state index contributed by atoms with van der Waals surface area (Å²) in [6, 6.07) is 6.73. The van der Waals surface area contributed by atoms with E-state index >= 15 is 0 Å². The van der Waals surface area contributed by atoms with Crippen molar-refractivity contribution in [2.75, 3.05) is 18.0 Å². The summed E-state index contributed by atoms with van der Waals surface area (Å²) in [5, 5.41) is 13.2. The first kappa shape index (κ1) is 10.1. The van der Waals surface area contributed by atoms with Crippen LogP contribution >= 0.6 is 0 Å². The molecule has 0 spiro atoms. The van der Waals surface area contributed by atoms with Gasteiger partial charge in [-0.2, -0.15) is 4.98 Å². The number of phenols is 1. The molecule has 2 heterocycles. The van der Waals surface area contributed by atoms with Crippen LogP contribution in [0, 0.1) is 0 Å². The van der Waals surface area contributed by atoms with E-state index in [0.717, 1.165) is 18.7 Å². The Kier molecular flexibility index (Phi) is 2.44. The zero-order valence-corrected chi connectivity index (χ0v) is 9.33. The average molecular weight is 231 g/mol. The fraction of sp³-hybridized carbons (Fsp3) is 0.333. The Morgan fingerprint density at radius 3 is 2.53 bits per heavy atom. The lowest BCUT2D eigenvalue weighted by Crippen LogP contribution is -2.18. The molecular formula is C12H13N3O2. The van der Waals surface area contributed by atoms with Crippen molar-refractivity contribution < 1.29 is 9.63 Å². The third-order valence-electron chi connectivity index (χ3n) is 2.92. The van der Waals surface area contributed by atoms with Crippen LogP contribution in [0.4, 0.5) is 5.95 Å². The Morgan fingerprint density at radius 1 is 1.12 bits per heavy atom. The summed E-state index contributed by atoms with van der Waals surface area (Å²) >= 11 is 0. The highest BCUT2D eigenvalue weighted by Crippen LogP contribution is 2.23. The fourth-order valence-electron chi connectivity index (χ4n) is 1.98. The van der Waals surface area contributed by atoms with Crippen molar-refractivity contribution in [3.05, 3.63) is 24.3 Å². The molecule has 1 aliphatic heterocycles. The molecule has 1 aromatic carbocycles. The van der Waals surface area contributed by atoms with Gasteiger partial charge in [-0.05, 0) is 42.3 Å². The molecule has 0 saturated carbocycles. The van der Waals surface area contributed by atoms with E-state index in [1.165, 1.54) is 12.8 Å². The van der Waals surface area contributed by atoms with Gasteiger partial charge < -0.3 is 14.5 Å². The smallest absolute Gasteiger partial charge is 0.266 e. The Balaban J connectivity index is 1.86. The molecule has 3 rings (SSSR count). The van der Waals surface area contributed by atoms with Crippen molar-refractivity contribution in [3.8, 4) is 17.2 Å². The van der Waals surface area contributed by atoms with E-state index in [9.17, 15) is 5.11 Å². The number of benzene rings is 1. The lowest BCUT2D eigenvalue weighted by Gasteiger charge is -2.09. The van der Waals surface area contributed by atoms with E-state index in [1.807, 2.05) is 0 Å². The quantitative estimate of drug-likeness (QED) is 0.856. The maximum atomic E-state index is 9.21. The Bertz CT molecular complexity index is 501. The Hall–Kier alpha value is -2.04. The molecule has 88 valence electrons. The molecule has 1 fully saturated rings. The van der Waals surface area contributed by atoms with E-state index < -0.39 is 0 Å². The molecule has 0 amide bonds. The highest BCUT2D eigenvalue weighted by atomic mass is 16.5. The highest BCUT2D eigenvalue weighted by molar-refractivity contribution is 5.55. The summed E-state index contributed by atoms with van der Waals surface area (Å²) in [4.78, 5) is 6.48. The summed E-state index contributed by atoms with van der Waals surface area (Å²) in [7, 11) is 0. The number of rotatable bonds is 2. The van der Waals surface area contributed by atoms with E-state index in [2.05, 4.69) is 15.0 Å². The van der Waals surface area contributed by atoms with Crippen LogP contribution in [0.5, 0.6) is 5.75 Å². The lowest BCUT2D eigenvalue weighted by molar-refractivity contribution is 0.430. The monoisotopic (exact) mass is 231 g/mol. The van der Waals surface area contributed by atoms with Crippen LogP contribution in [-0.4, -0.2) is 28.3 Å². The second-order valence-electron chi connectivity index (χ2n) is 4.14. The molecular weight excluding hydrogens is 218 g/mol. The number of phenolic OH excluding ortho intramolecular Hbond substituents is 1. The van der Waals surface area contributed by atoms with Crippen LogP contribution in [0.25, 0.3) is 11.5 Å². The molecule has 5 nitrogen and oxygen atoms in total. The predicted octanol–water partition coefficient (Wildman–Crippen LogP) is 2.04. The third kappa shape index (κ3) is 1.95. The van der Waals surface area contributed by atoms with Gasteiger partial charge in [0.1, 0.15) is 5.75 Å². The molecule has 1 aliphatic rings. The van der Waals surface area contributed by atoms with Crippen LogP contribution in [0.1, 0.15) is 12.8 Å². The van der Waals surface area contributed by atoms with E-state index in [1.54, 1.807) is 24.3 Å². The normalized spacial score (nSPS) is 15.4. The topological polar surface area (TPSA) is 62.4 Å². The minimum atomic E-state index is 0.230. The number of aromatic hydroxyl groups is 1. The minimum absolute atomic E-state index is 0.230. The molecule has 17 heavy (non-hydrogen) atoms. The first-order chi connectivity index (χ1) is 8.33. The average Bonchev–Trinajstić information content (AvgIpc) is 3.00. The molecule has 1 N–H and O–H groups in total. The minimum Gasteiger partial charge on any atom is -0.508 e. The van der Waals surface area contributed by atoms with Crippen molar-refractivity contribution in [2.45, 2.75) is 12.8 Å². The lowest BCUT2D eigenvalue weighted by atomic mass is 10.2. The fourth-order valence-corrected chi connectivity index (χ4v) is 1.98. The summed E-state index contributed by atoms with van der Waals surface area (Å²) in [6.45, 7) is 1.99. The maximum absolute atomic E-state index is 9.21. The van der Waals surface area contributed by atoms with Gasteiger partial charge in [-0.3, -0.25) is 0 Å². The molecule has 1 saturated heterocycles. The van der Waals surface area contributed by atoms with Crippen LogP contribution in [0.3, 0.4) is 0 Å². The summed E-state index contributed by atoms with van der Waals surface area (Å²) < 4.78 is 5.22. The SMILES string of the molecule is Oc1ccc(-c2nc(N3CCCC3)no2)cc1. The largest absolute Gasteiger partial charge is 0.508 e. The first-order valence-electron chi connectivity index (χ1n) is 5.71. The van der Waals surface area contributed by atoms with Crippen molar-refractivity contribution in [3.63, 3.8) is 0 Å². The van der Waals surface area contributed by atoms with Gasteiger partial charge in [-0.25, -0.2) is 0 Å². The molecule has 0 bridgehead atoms. The molecule has 0 unspecified atom stereocenters. The number of anilines is 1. The number of hydrogen-bond donors (Lipinski definition) is 1. The van der Waals surface area contributed by atoms with Gasteiger partial charge >= 0.3 is 0 Å². The van der Waals surface area contributed by atoms with Crippen molar-refractivity contribution >= 4 is 5.95 Å². The zero-order valence-electron chi connectivity index (χ0n) is 9.33. The number of hydrogen-bond acceptors (Lipinski definition) is 5. The van der Waals surface area contributed by atoms with Gasteiger partial charge in [0.25, 0.3) is 11.8 Å². The molecule has 0 aliphatic carbocycles. The molecule has 5 heteroatoms. The second kappa shape index (κ2) is 4.08. The molecule has 1 aromatic heterocycles. The van der Waals surface area contributed by atoms with Gasteiger partial charge in [-0.1, -0.05) is 0 Å². The predicted molar refractivity (Wildman–Crippen MR) is 62.8 cm³/mol. The third-order valence-corrected chi connectivity index (χ3v) is 2.92. The summed E-state index contributed by atoms with van der Waals surface area (Å²) in [6.07, 6.45) is 2.37. The second-order valence-corrected chi connectivity index (χ2v) is 4.14. The Labute approximate surface area is 98.7 Å².